The summed E-state index contributed by atoms with van der Waals surface area (Å²) in [7, 11) is -3.84. The third kappa shape index (κ3) is 3.44. The van der Waals surface area contributed by atoms with Crippen molar-refractivity contribution in [1.29, 1.82) is 0 Å². The van der Waals surface area contributed by atoms with E-state index in [1.54, 1.807) is 20.8 Å². The van der Waals surface area contributed by atoms with E-state index in [-0.39, 0.29) is 16.1 Å². The number of benzene rings is 1. The fourth-order valence-corrected chi connectivity index (χ4v) is 2.93. The van der Waals surface area contributed by atoms with Gasteiger partial charge in [-0.05, 0) is 39.0 Å². The molecule has 4 N–H and O–H groups in total. The largest absolute Gasteiger partial charge is 0.478 e. The third-order valence-electron chi connectivity index (χ3n) is 1.99. The molecule has 0 heterocycles. The molecule has 0 fully saturated rings. The van der Waals surface area contributed by atoms with Gasteiger partial charge in [0.1, 0.15) is 4.90 Å². The fraction of sp³-hybridized carbons (Fsp3) is 0.364. The molecule has 1 aromatic rings. The van der Waals surface area contributed by atoms with E-state index in [9.17, 15) is 13.2 Å². The smallest absolute Gasteiger partial charge is 0.335 e. The van der Waals surface area contributed by atoms with E-state index in [4.69, 9.17) is 10.8 Å². The number of carboxylic acid groups (broad SMARTS) is 1. The van der Waals surface area contributed by atoms with Crippen molar-refractivity contribution in [2.45, 2.75) is 31.2 Å². The van der Waals surface area contributed by atoms with Crippen LogP contribution in [-0.4, -0.2) is 25.0 Å². The van der Waals surface area contributed by atoms with Gasteiger partial charge in [0.2, 0.25) is 10.0 Å². The number of hydrogen-bond donors (Lipinski definition) is 3. The van der Waals surface area contributed by atoms with Crippen molar-refractivity contribution < 1.29 is 18.3 Å². The summed E-state index contributed by atoms with van der Waals surface area (Å²) < 4.78 is 26.5. The van der Waals surface area contributed by atoms with Crippen LogP contribution >= 0.6 is 0 Å². The third-order valence-corrected chi connectivity index (χ3v) is 3.80. The summed E-state index contributed by atoms with van der Waals surface area (Å²) in [5, 5.41) is 8.84. The van der Waals surface area contributed by atoms with Crippen molar-refractivity contribution in [1.82, 2.24) is 4.72 Å². The lowest BCUT2D eigenvalue weighted by molar-refractivity contribution is 0.0696. The first-order valence-electron chi connectivity index (χ1n) is 5.20. The van der Waals surface area contributed by atoms with E-state index < -0.39 is 21.5 Å². The molecule has 1 aromatic carbocycles. The molecule has 0 unspecified atom stereocenters. The monoisotopic (exact) mass is 272 g/mol. The molecule has 18 heavy (non-hydrogen) atoms. The average molecular weight is 272 g/mol. The first-order valence-corrected chi connectivity index (χ1v) is 6.68. The van der Waals surface area contributed by atoms with Crippen LogP contribution < -0.4 is 10.5 Å². The number of nitrogen functional groups attached to an aromatic ring is 1. The van der Waals surface area contributed by atoms with Crippen molar-refractivity contribution >= 4 is 21.7 Å². The minimum Gasteiger partial charge on any atom is -0.478 e. The second kappa shape index (κ2) is 4.58. The first-order chi connectivity index (χ1) is 8.03. The van der Waals surface area contributed by atoms with Gasteiger partial charge in [-0.3, -0.25) is 0 Å². The summed E-state index contributed by atoms with van der Waals surface area (Å²) in [6, 6.07) is 3.57. The SMILES string of the molecule is CC(C)(C)NS(=O)(=O)c1cc(C(=O)O)ccc1N. The van der Waals surface area contributed by atoms with Gasteiger partial charge in [-0.2, -0.15) is 0 Å². The zero-order chi connectivity index (χ0) is 14.1. The summed E-state index contributed by atoms with van der Waals surface area (Å²) in [4.78, 5) is 10.6. The zero-order valence-electron chi connectivity index (χ0n) is 10.4. The Hall–Kier alpha value is -1.60. The minimum atomic E-state index is -3.84. The summed E-state index contributed by atoms with van der Waals surface area (Å²) in [6.07, 6.45) is 0. The number of carbonyl (C=O) groups is 1. The Labute approximate surface area is 106 Å². The van der Waals surface area contributed by atoms with Crippen LogP contribution in [0.3, 0.4) is 0 Å². The molecular weight excluding hydrogens is 256 g/mol. The van der Waals surface area contributed by atoms with Crippen LogP contribution in [-0.2, 0) is 10.0 Å². The Balaban J connectivity index is 3.32. The maximum Gasteiger partial charge on any atom is 0.335 e. The number of hydrogen-bond acceptors (Lipinski definition) is 4. The van der Waals surface area contributed by atoms with Crippen LogP contribution in [0.5, 0.6) is 0 Å². The van der Waals surface area contributed by atoms with Crippen LogP contribution in [0.4, 0.5) is 5.69 Å². The minimum absolute atomic E-state index is 0.0109. The highest BCUT2D eigenvalue weighted by Gasteiger charge is 2.24. The van der Waals surface area contributed by atoms with E-state index in [1.165, 1.54) is 12.1 Å². The lowest BCUT2D eigenvalue weighted by Crippen LogP contribution is -2.40. The molecular formula is C11H16N2O4S. The lowest BCUT2D eigenvalue weighted by atomic mass is 10.1. The number of carboxylic acids is 1. The Kier molecular flexibility index (Phi) is 3.68. The maximum atomic E-state index is 12.1. The van der Waals surface area contributed by atoms with Crippen LogP contribution in [0, 0.1) is 0 Å². The second-order valence-electron chi connectivity index (χ2n) is 4.91. The van der Waals surface area contributed by atoms with Crippen molar-refractivity contribution in [3.8, 4) is 0 Å². The van der Waals surface area contributed by atoms with Crippen molar-refractivity contribution in [3.63, 3.8) is 0 Å². The molecule has 6 nitrogen and oxygen atoms in total. The molecule has 0 spiro atoms. The predicted molar refractivity (Wildman–Crippen MR) is 67.9 cm³/mol. The normalized spacial score (nSPS) is 12.4. The number of nitrogens with two attached hydrogens (primary N) is 1. The highest BCUT2D eigenvalue weighted by molar-refractivity contribution is 7.89. The fourth-order valence-electron chi connectivity index (χ4n) is 1.36. The highest BCUT2D eigenvalue weighted by Crippen LogP contribution is 2.21. The van der Waals surface area contributed by atoms with Gasteiger partial charge in [-0.25, -0.2) is 17.9 Å². The molecule has 0 aliphatic heterocycles. The molecule has 0 aliphatic carbocycles. The van der Waals surface area contributed by atoms with E-state index >= 15 is 0 Å². The topological polar surface area (TPSA) is 109 Å². The summed E-state index contributed by atoms with van der Waals surface area (Å²) >= 11 is 0. The van der Waals surface area contributed by atoms with Gasteiger partial charge >= 0.3 is 5.97 Å². The molecule has 0 saturated carbocycles. The van der Waals surface area contributed by atoms with Gasteiger partial charge in [0.15, 0.2) is 0 Å². The van der Waals surface area contributed by atoms with Gasteiger partial charge < -0.3 is 10.8 Å². The number of sulfonamides is 1. The number of rotatable bonds is 3. The van der Waals surface area contributed by atoms with E-state index in [0.29, 0.717) is 0 Å². The first kappa shape index (κ1) is 14.5. The molecule has 0 radical (unpaired) electrons. The summed E-state index contributed by atoms with van der Waals surface area (Å²) in [6.45, 7) is 5.05. The van der Waals surface area contributed by atoms with E-state index in [2.05, 4.69) is 4.72 Å². The summed E-state index contributed by atoms with van der Waals surface area (Å²) in [5.41, 5.74) is 4.79. The average Bonchev–Trinajstić information content (AvgIpc) is 2.13. The highest BCUT2D eigenvalue weighted by atomic mass is 32.2. The van der Waals surface area contributed by atoms with Gasteiger partial charge in [-0.15, -0.1) is 0 Å². The lowest BCUT2D eigenvalue weighted by Gasteiger charge is -2.21. The molecule has 1 rings (SSSR count). The number of aromatic carboxylic acids is 1. The van der Waals surface area contributed by atoms with Crippen molar-refractivity contribution in [3.05, 3.63) is 23.8 Å². The number of anilines is 1. The molecule has 100 valence electrons. The maximum absolute atomic E-state index is 12.1. The molecule has 0 bridgehead atoms. The molecule has 0 atom stereocenters. The van der Waals surface area contributed by atoms with Crippen molar-refractivity contribution in [2.75, 3.05) is 5.73 Å². The molecule has 0 aromatic heterocycles. The van der Waals surface area contributed by atoms with Crippen LogP contribution in [0.15, 0.2) is 23.1 Å². The number of nitrogens with one attached hydrogen (secondary N) is 1. The molecule has 0 saturated heterocycles. The van der Waals surface area contributed by atoms with Crippen LogP contribution in [0.25, 0.3) is 0 Å². The Morgan fingerprint density at radius 2 is 1.89 bits per heavy atom. The molecule has 0 aliphatic rings. The standard InChI is InChI=1S/C11H16N2O4S/c1-11(2,3)13-18(16,17)9-6-7(10(14)15)4-5-8(9)12/h4-6,13H,12H2,1-3H3,(H,14,15). The molecule has 0 amide bonds. The molecule has 7 heteroatoms. The van der Waals surface area contributed by atoms with E-state index in [1.807, 2.05) is 0 Å². The van der Waals surface area contributed by atoms with Gasteiger partial charge in [-0.1, -0.05) is 0 Å². The van der Waals surface area contributed by atoms with Gasteiger partial charge in [0, 0.05) is 5.54 Å². The van der Waals surface area contributed by atoms with Gasteiger partial charge in [0.05, 0.1) is 11.3 Å². The predicted octanol–water partition coefficient (Wildman–Crippen LogP) is 1.04. The zero-order valence-corrected chi connectivity index (χ0v) is 11.2. The van der Waals surface area contributed by atoms with Gasteiger partial charge in [0.25, 0.3) is 0 Å². The Morgan fingerprint density at radius 3 is 2.33 bits per heavy atom. The van der Waals surface area contributed by atoms with E-state index in [0.717, 1.165) is 6.07 Å². The summed E-state index contributed by atoms with van der Waals surface area (Å²) in [5.74, 6) is -1.21. The van der Waals surface area contributed by atoms with Crippen LogP contribution in [0.2, 0.25) is 0 Å². The Bertz CT molecular complexity index is 573. The second-order valence-corrected chi connectivity index (χ2v) is 6.56. The van der Waals surface area contributed by atoms with Crippen LogP contribution in [0.1, 0.15) is 31.1 Å². The Morgan fingerprint density at radius 1 is 1.33 bits per heavy atom. The quantitative estimate of drug-likeness (QED) is 0.712. The van der Waals surface area contributed by atoms with Crippen molar-refractivity contribution in [2.24, 2.45) is 0 Å².